The molecule has 27 heavy (non-hydrogen) atoms. The maximum atomic E-state index is 14.2. The Hall–Kier alpha value is -2.55. The number of nitrogens with zero attached hydrogens (tertiary/aromatic N) is 3. The molecule has 0 radical (unpaired) electrons. The largest absolute Gasteiger partial charge is 0.452 e. The van der Waals surface area contributed by atoms with Gasteiger partial charge in [-0.25, -0.2) is 27.8 Å². The van der Waals surface area contributed by atoms with Gasteiger partial charge in [0.05, 0.1) is 12.8 Å². The normalized spacial score (nSPS) is 21.6. The van der Waals surface area contributed by atoms with Crippen LogP contribution in [0.15, 0.2) is 12.1 Å². The van der Waals surface area contributed by atoms with Crippen molar-refractivity contribution in [1.82, 2.24) is 9.55 Å². The van der Waals surface area contributed by atoms with E-state index in [1.54, 1.807) is 0 Å². The van der Waals surface area contributed by atoms with Crippen LogP contribution in [-0.2, 0) is 24.1 Å². The Labute approximate surface area is 153 Å². The monoisotopic (exact) mass is 380 g/mol. The minimum atomic E-state index is -1.23. The van der Waals surface area contributed by atoms with E-state index in [9.17, 15) is 18.0 Å². The van der Waals surface area contributed by atoms with Crippen LogP contribution in [0.25, 0.3) is 0 Å². The number of hydrogen-bond donors (Lipinski definition) is 1. The Morgan fingerprint density at radius 2 is 1.93 bits per heavy atom. The van der Waals surface area contributed by atoms with Gasteiger partial charge in [0.1, 0.15) is 5.82 Å². The smallest absolute Gasteiger partial charge is 0.416 e. The minimum absolute atomic E-state index is 0.0443. The predicted molar refractivity (Wildman–Crippen MR) is 91.0 cm³/mol. The third kappa shape index (κ3) is 2.86. The molecule has 6 nitrogen and oxygen atoms in total. The number of rotatable bonds is 1. The van der Waals surface area contributed by atoms with Crippen molar-refractivity contribution in [1.29, 1.82) is 0 Å². The third-order valence-electron chi connectivity index (χ3n) is 5.33. The molecule has 2 aliphatic rings. The van der Waals surface area contributed by atoms with Crippen molar-refractivity contribution >= 4 is 12.0 Å². The second-order valence-corrected chi connectivity index (χ2v) is 6.90. The van der Waals surface area contributed by atoms with E-state index in [0.717, 1.165) is 18.2 Å². The van der Waals surface area contributed by atoms with Gasteiger partial charge in [0.15, 0.2) is 11.6 Å². The Kier molecular flexibility index (Phi) is 4.33. The highest BCUT2D eigenvalue weighted by molar-refractivity contribution is 5.85. The number of methoxy groups -OCH3 is 1. The summed E-state index contributed by atoms with van der Waals surface area (Å²) in [5, 5.41) is 0. The fraction of sp³-hybridized carbons (Fsp3) is 0.444. The molecule has 2 unspecified atom stereocenters. The van der Waals surface area contributed by atoms with Gasteiger partial charge < -0.3 is 15.0 Å². The number of hydrogen-bond acceptors (Lipinski definition) is 4. The molecule has 144 valence electrons. The molecule has 1 aromatic carbocycles. The highest BCUT2D eigenvalue weighted by Gasteiger charge is 2.36. The molecule has 9 heteroatoms. The Morgan fingerprint density at radius 1 is 1.19 bits per heavy atom. The number of carbonyl (C=O) groups excluding carboxylic acids is 1. The lowest BCUT2D eigenvalue weighted by atomic mass is 9.80. The average molecular weight is 380 g/mol. The third-order valence-corrected chi connectivity index (χ3v) is 5.33. The van der Waals surface area contributed by atoms with E-state index in [1.807, 2.05) is 4.57 Å². The lowest BCUT2D eigenvalue weighted by Crippen LogP contribution is -2.39. The number of benzene rings is 1. The van der Waals surface area contributed by atoms with Gasteiger partial charge >= 0.3 is 6.09 Å². The number of nitrogens with two attached hydrogens (primary N) is 1. The molecular formula is C18H19F3N4O2. The van der Waals surface area contributed by atoms with Gasteiger partial charge in [-0.2, -0.15) is 0 Å². The van der Waals surface area contributed by atoms with Crippen molar-refractivity contribution in [2.75, 3.05) is 18.6 Å². The summed E-state index contributed by atoms with van der Waals surface area (Å²) < 4.78 is 47.9. The number of amides is 1. The van der Waals surface area contributed by atoms with E-state index in [0.29, 0.717) is 37.2 Å². The fourth-order valence-electron chi connectivity index (χ4n) is 4.01. The number of imidazole rings is 1. The molecule has 2 atom stereocenters. The van der Waals surface area contributed by atoms with Crippen LogP contribution in [0.1, 0.15) is 29.3 Å². The summed E-state index contributed by atoms with van der Waals surface area (Å²) in [6.07, 6.45) is 0.945. The number of anilines is 1. The number of aromatic nitrogens is 2. The number of fused-ring (bicyclic) bond motifs is 3. The number of carbonyl (C=O) groups is 1. The number of ether oxygens (including phenoxy) is 1. The summed E-state index contributed by atoms with van der Waals surface area (Å²) in [6, 6.07) is 0.937. The quantitative estimate of drug-likeness (QED) is 0.772. The summed E-state index contributed by atoms with van der Waals surface area (Å²) >= 11 is 0. The van der Waals surface area contributed by atoms with E-state index < -0.39 is 35.5 Å². The van der Waals surface area contributed by atoms with E-state index >= 15 is 0 Å². The van der Waals surface area contributed by atoms with Gasteiger partial charge in [0.2, 0.25) is 5.95 Å². The van der Waals surface area contributed by atoms with Crippen LogP contribution < -0.4 is 10.6 Å². The van der Waals surface area contributed by atoms with Gasteiger partial charge in [-0.15, -0.1) is 0 Å². The molecule has 0 saturated carbocycles. The Balaban J connectivity index is 1.72. The summed E-state index contributed by atoms with van der Waals surface area (Å²) in [5.41, 5.74) is 7.90. The molecule has 0 spiro atoms. The summed E-state index contributed by atoms with van der Waals surface area (Å²) in [4.78, 5) is 18.0. The van der Waals surface area contributed by atoms with Crippen LogP contribution in [0.5, 0.6) is 0 Å². The standard InChI is InChI=1S/C18H19F3N4O2/c1-27-18(26)25-4-2-3-24-16-8-14(22)10(6-15(16)23-17(24)25)9-5-12(20)13(21)7-11(9)19/h5,7,10,14H,2-4,6,8,22H2,1H3. The number of halogens is 3. The molecule has 0 saturated heterocycles. The second-order valence-electron chi connectivity index (χ2n) is 6.90. The molecule has 1 amide bonds. The van der Waals surface area contributed by atoms with Crippen molar-refractivity contribution in [3.8, 4) is 0 Å². The highest BCUT2D eigenvalue weighted by atomic mass is 19.2. The van der Waals surface area contributed by atoms with Crippen molar-refractivity contribution in [2.45, 2.75) is 37.8 Å². The maximum absolute atomic E-state index is 14.2. The van der Waals surface area contributed by atoms with Crippen molar-refractivity contribution in [3.63, 3.8) is 0 Å². The van der Waals surface area contributed by atoms with Gasteiger partial charge in [-0.3, -0.25) is 0 Å². The molecule has 1 aliphatic heterocycles. The summed E-state index contributed by atoms with van der Waals surface area (Å²) in [5.74, 6) is -3.20. The van der Waals surface area contributed by atoms with E-state index in [4.69, 9.17) is 10.5 Å². The Morgan fingerprint density at radius 3 is 2.67 bits per heavy atom. The van der Waals surface area contributed by atoms with E-state index in [2.05, 4.69) is 4.98 Å². The first-order valence-electron chi connectivity index (χ1n) is 8.74. The van der Waals surface area contributed by atoms with Crippen molar-refractivity contribution in [3.05, 3.63) is 46.5 Å². The molecule has 2 N–H and O–H groups in total. The fourth-order valence-corrected chi connectivity index (χ4v) is 4.01. The van der Waals surface area contributed by atoms with E-state index in [-0.39, 0.29) is 12.0 Å². The lowest BCUT2D eigenvalue weighted by molar-refractivity contribution is 0.177. The average Bonchev–Trinajstić information content (AvgIpc) is 3.01. The van der Waals surface area contributed by atoms with Crippen molar-refractivity contribution in [2.24, 2.45) is 5.73 Å². The SMILES string of the molecule is COC(=O)N1CCCn2c1nc1c2CC(N)C(c2cc(F)c(F)cc2F)C1. The zero-order valence-corrected chi connectivity index (χ0v) is 14.7. The first-order chi connectivity index (χ1) is 12.9. The Bertz CT molecular complexity index is 914. The molecule has 0 fully saturated rings. The predicted octanol–water partition coefficient (Wildman–Crippen LogP) is 2.49. The zero-order valence-electron chi connectivity index (χ0n) is 14.7. The topological polar surface area (TPSA) is 73.4 Å². The first-order valence-corrected chi connectivity index (χ1v) is 8.74. The van der Waals surface area contributed by atoms with Gasteiger partial charge in [-0.1, -0.05) is 0 Å². The molecule has 2 aromatic rings. The maximum Gasteiger partial charge on any atom is 0.416 e. The van der Waals surface area contributed by atoms with Crippen LogP contribution in [-0.4, -0.2) is 35.3 Å². The molecule has 2 heterocycles. The zero-order chi connectivity index (χ0) is 19.3. The van der Waals surface area contributed by atoms with E-state index in [1.165, 1.54) is 12.0 Å². The summed E-state index contributed by atoms with van der Waals surface area (Å²) in [6.45, 7) is 1.19. The van der Waals surface area contributed by atoms with Crippen LogP contribution in [0, 0.1) is 17.5 Å². The summed E-state index contributed by atoms with van der Waals surface area (Å²) in [7, 11) is 1.31. The second kappa shape index (κ2) is 6.56. The first kappa shape index (κ1) is 17.8. The molecular weight excluding hydrogens is 361 g/mol. The van der Waals surface area contributed by atoms with Crippen LogP contribution in [0.2, 0.25) is 0 Å². The minimum Gasteiger partial charge on any atom is -0.452 e. The molecule has 1 aromatic heterocycles. The van der Waals surface area contributed by atoms with Gasteiger partial charge in [0, 0.05) is 49.7 Å². The lowest BCUT2D eigenvalue weighted by Gasteiger charge is -2.31. The van der Waals surface area contributed by atoms with Gasteiger partial charge in [0.25, 0.3) is 0 Å². The van der Waals surface area contributed by atoms with Crippen LogP contribution >= 0.6 is 0 Å². The van der Waals surface area contributed by atoms with Crippen LogP contribution in [0.3, 0.4) is 0 Å². The van der Waals surface area contributed by atoms with Crippen LogP contribution in [0.4, 0.5) is 23.9 Å². The molecule has 4 rings (SSSR count). The van der Waals surface area contributed by atoms with Gasteiger partial charge in [-0.05, 0) is 18.1 Å². The van der Waals surface area contributed by atoms with Crippen molar-refractivity contribution < 1.29 is 22.7 Å². The molecule has 1 aliphatic carbocycles. The highest BCUT2D eigenvalue weighted by Crippen LogP contribution is 2.37. The molecule has 0 bridgehead atoms.